The number of nitrogens with zero attached hydrogens (tertiary/aromatic N) is 8. The van der Waals surface area contributed by atoms with E-state index in [-0.39, 0.29) is 34.7 Å². The minimum atomic E-state index is -0.608. The molecule has 4 heterocycles. The zero-order chi connectivity index (χ0) is 44.5. The van der Waals surface area contributed by atoms with Crippen molar-refractivity contribution in [2.24, 2.45) is 7.05 Å². The van der Waals surface area contributed by atoms with Crippen molar-refractivity contribution in [1.29, 1.82) is 5.26 Å². The highest BCUT2D eigenvalue weighted by Gasteiger charge is 2.40. The standard InChI is InChI=1S/C28H40FN5O2.C19H18FN5OS/c1-4-5-14-34(27(35)30-2)26-23-18-24(29)22(19-25(23)32(3)31-26)20-7-9-21(10-8-20)33-15-12-28(13-16-33)11-6-17-36-28;1-3-10-25(2)27-24-16-7-5-15(20)19(14(16)12-21)26-13-4-6-17-18(11-13)23-9-8-22-17/h4,18-21H,1,5-17H2,2-3H3,(H,30,35);4-9,11,24H,3,10H2,1-2H3. The summed E-state index contributed by atoms with van der Waals surface area (Å²) < 4.78 is 48.5. The van der Waals surface area contributed by atoms with Crippen molar-refractivity contribution in [3.63, 3.8) is 0 Å². The maximum atomic E-state index is 15.5. The van der Waals surface area contributed by atoms with Crippen molar-refractivity contribution in [3.05, 3.63) is 90.3 Å². The number of fused-ring (bicyclic) bond motifs is 2. The summed E-state index contributed by atoms with van der Waals surface area (Å²) in [4.78, 5) is 25.2. The average molecular weight is 881 g/mol. The largest absolute Gasteiger partial charge is 0.453 e. The molecule has 13 nitrogen and oxygen atoms in total. The summed E-state index contributed by atoms with van der Waals surface area (Å²) in [7, 11) is 5.38. The van der Waals surface area contributed by atoms with Crippen LogP contribution in [0.2, 0.25) is 0 Å². The van der Waals surface area contributed by atoms with E-state index in [0.717, 1.165) is 82.3 Å². The van der Waals surface area contributed by atoms with E-state index < -0.39 is 5.82 Å². The molecule has 1 saturated carbocycles. The number of rotatable bonds is 13. The van der Waals surface area contributed by atoms with Gasteiger partial charge in [-0.2, -0.15) is 10.4 Å². The van der Waals surface area contributed by atoms with Crippen molar-refractivity contribution < 1.29 is 23.0 Å². The predicted molar refractivity (Wildman–Crippen MR) is 246 cm³/mol. The van der Waals surface area contributed by atoms with Crippen LogP contribution in [0.5, 0.6) is 11.5 Å². The SMILES string of the molecule is C=CCCN(C(=O)NC)c1nn(C)c2cc(C3CCC(N4CCC5(CCCO5)CC4)CC3)c(F)cc12.CCCN(C)SNc1ccc(F)c(Oc2ccc3nccnc3c2)c1C#N. The number of carbonyl (C=O) groups excluding carboxylic acids is 1. The predicted octanol–water partition coefficient (Wildman–Crippen LogP) is 9.86. The Morgan fingerprint density at radius 2 is 1.83 bits per heavy atom. The number of nitriles is 1. The number of nitrogens with one attached hydrogen (secondary N) is 2. The van der Waals surface area contributed by atoms with Crippen molar-refractivity contribution in [2.45, 2.75) is 88.7 Å². The molecule has 2 N–H and O–H groups in total. The molecule has 2 aromatic heterocycles. The van der Waals surface area contributed by atoms with Crippen LogP contribution in [-0.2, 0) is 11.8 Å². The number of hydrogen-bond donors (Lipinski definition) is 2. The van der Waals surface area contributed by atoms with Crippen LogP contribution in [0, 0.1) is 23.0 Å². The molecule has 334 valence electrons. The number of likely N-dealkylation sites (tertiary alicyclic amines) is 1. The smallest absolute Gasteiger partial charge is 0.322 e. The first-order chi connectivity index (χ1) is 30.6. The summed E-state index contributed by atoms with van der Waals surface area (Å²) in [6.07, 6.45) is 15.5. The van der Waals surface area contributed by atoms with Crippen molar-refractivity contribution in [1.82, 2.24) is 34.3 Å². The van der Waals surface area contributed by atoms with Gasteiger partial charge in [-0.05, 0) is 119 Å². The van der Waals surface area contributed by atoms with Gasteiger partial charge in [0.05, 0.1) is 27.8 Å². The first-order valence-electron chi connectivity index (χ1n) is 22.0. The van der Waals surface area contributed by atoms with E-state index >= 15 is 4.39 Å². The number of benzene rings is 3. The molecule has 0 unspecified atom stereocenters. The van der Waals surface area contributed by atoms with Gasteiger partial charge in [0.2, 0.25) is 0 Å². The second kappa shape index (κ2) is 20.9. The average Bonchev–Trinajstić information content (AvgIpc) is 3.89. The molecule has 3 fully saturated rings. The van der Waals surface area contributed by atoms with E-state index in [1.54, 1.807) is 59.4 Å². The number of carbonyl (C=O) groups is 1. The molecule has 1 spiro atoms. The zero-order valence-electron chi connectivity index (χ0n) is 36.7. The molecule has 63 heavy (non-hydrogen) atoms. The number of aryl methyl sites for hydroxylation is 1. The summed E-state index contributed by atoms with van der Waals surface area (Å²) in [6.45, 7) is 10.3. The number of urea groups is 1. The summed E-state index contributed by atoms with van der Waals surface area (Å²) >= 11 is 1.34. The maximum Gasteiger partial charge on any atom is 0.322 e. The molecule has 0 bridgehead atoms. The third kappa shape index (κ3) is 10.6. The molecule has 8 rings (SSSR count). The molecule has 2 aliphatic heterocycles. The Bertz CT molecular complexity index is 2420. The molecular formula is C47H58F2N10O3S. The highest BCUT2D eigenvalue weighted by molar-refractivity contribution is 7.98. The summed E-state index contributed by atoms with van der Waals surface area (Å²) in [5.74, 6) is 0.157. The second-order valence-electron chi connectivity index (χ2n) is 16.6. The number of anilines is 2. The lowest BCUT2D eigenvalue weighted by molar-refractivity contribution is -0.0537. The molecule has 0 atom stereocenters. The van der Waals surface area contributed by atoms with Gasteiger partial charge in [0, 0.05) is 88.9 Å². The third-order valence-corrected chi connectivity index (χ3v) is 13.3. The Morgan fingerprint density at radius 3 is 2.51 bits per heavy atom. The lowest BCUT2D eigenvalue weighted by Crippen LogP contribution is -2.48. The fourth-order valence-electron chi connectivity index (χ4n) is 9.11. The molecular weight excluding hydrogens is 823 g/mol. The van der Waals surface area contributed by atoms with Gasteiger partial charge in [-0.1, -0.05) is 13.0 Å². The molecule has 5 aromatic rings. The van der Waals surface area contributed by atoms with Gasteiger partial charge in [0.15, 0.2) is 17.4 Å². The summed E-state index contributed by atoms with van der Waals surface area (Å²) in [5.41, 5.74) is 3.72. The Balaban J connectivity index is 0.000000197. The second-order valence-corrected chi connectivity index (χ2v) is 17.6. The van der Waals surface area contributed by atoms with Crippen LogP contribution in [-0.4, -0.2) is 93.5 Å². The quantitative estimate of drug-likeness (QED) is 0.0864. The summed E-state index contributed by atoms with van der Waals surface area (Å²) in [5, 5.41) is 17.5. The summed E-state index contributed by atoms with van der Waals surface area (Å²) in [6, 6.07) is 13.8. The van der Waals surface area contributed by atoms with Gasteiger partial charge >= 0.3 is 6.03 Å². The minimum Gasteiger partial charge on any atom is -0.453 e. The molecule has 3 aromatic carbocycles. The fourth-order valence-corrected chi connectivity index (χ4v) is 9.81. The van der Waals surface area contributed by atoms with Crippen LogP contribution in [0.15, 0.2) is 67.5 Å². The zero-order valence-corrected chi connectivity index (χ0v) is 37.5. The molecule has 0 radical (unpaired) electrons. The number of piperidine rings is 1. The van der Waals surface area contributed by atoms with E-state index in [9.17, 15) is 14.4 Å². The van der Waals surface area contributed by atoms with Crippen molar-refractivity contribution in [3.8, 4) is 17.6 Å². The molecule has 2 saturated heterocycles. The Morgan fingerprint density at radius 1 is 1.06 bits per heavy atom. The highest BCUT2D eigenvalue weighted by Crippen LogP contribution is 2.42. The highest BCUT2D eigenvalue weighted by atomic mass is 32.2. The van der Waals surface area contributed by atoms with Gasteiger partial charge in [-0.25, -0.2) is 17.9 Å². The number of hydrogen-bond acceptors (Lipinski definition) is 11. The van der Waals surface area contributed by atoms with E-state index in [2.05, 4.69) is 43.5 Å². The normalized spacial score (nSPS) is 18.5. The Kier molecular flexibility index (Phi) is 15.1. The molecule has 3 aliphatic rings. The number of amides is 2. The number of halogens is 2. The van der Waals surface area contributed by atoms with E-state index in [0.29, 0.717) is 52.7 Å². The van der Waals surface area contributed by atoms with Gasteiger partial charge in [-0.3, -0.25) is 19.5 Å². The van der Waals surface area contributed by atoms with Gasteiger partial charge in [0.1, 0.15) is 23.2 Å². The monoisotopic (exact) mass is 880 g/mol. The van der Waals surface area contributed by atoms with Crippen LogP contribution in [0.1, 0.15) is 88.2 Å². The Labute approximate surface area is 373 Å². The van der Waals surface area contributed by atoms with Gasteiger partial charge < -0.3 is 24.4 Å². The Hall–Kier alpha value is -5.34. The van der Waals surface area contributed by atoms with Crippen LogP contribution in [0.4, 0.5) is 25.1 Å². The van der Waals surface area contributed by atoms with E-state index in [4.69, 9.17) is 9.47 Å². The van der Waals surface area contributed by atoms with Crippen molar-refractivity contribution in [2.75, 3.05) is 56.5 Å². The van der Waals surface area contributed by atoms with Crippen LogP contribution >= 0.6 is 12.1 Å². The van der Waals surface area contributed by atoms with Crippen LogP contribution < -0.4 is 19.7 Å². The van der Waals surface area contributed by atoms with E-state index in [1.807, 2.05) is 30.5 Å². The first kappa shape index (κ1) is 45.7. The van der Waals surface area contributed by atoms with Gasteiger partial charge in [0.25, 0.3) is 0 Å². The topological polar surface area (TPSA) is 137 Å². The molecule has 2 amide bonds. The lowest BCUT2D eigenvalue weighted by atomic mass is 9.79. The molecule has 1 aliphatic carbocycles. The maximum absolute atomic E-state index is 15.5. The number of aromatic nitrogens is 4. The minimum absolute atomic E-state index is 0.103. The third-order valence-electron chi connectivity index (χ3n) is 12.5. The van der Waals surface area contributed by atoms with Gasteiger partial charge in [-0.15, -0.1) is 6.58 Å². The fraction of sp³-hybridized carbons (Fsp3) is 0.468. The first-order valence-corrected chi connectivity index (χ1v) is 22.7. The lowest BCUT2D eigenvalue weighted by Gasteiger charge is -2.44. The van der Waals surface area contributed by atoms with Crippen LogP contribution in [0.25, 0.3) is 21.9 Å². The van der Waals surface area contributed by atoms with Crippen molar-refractivity contribution >= 4 is 51.6 Å². The molecule has 16 heteroatoms. The number of ether oxygens (including phenoxy) is 2. The van der Waals surface area contributed by atoms with E-state index in [1.165, 1.54) is 37.1 Å². The van der Waals surface area contributed by atoms with Crippen LogP contribution in [0.3, 0.4) is 0 Å².